The normalized spacial score (nSPS) is 20.0. The second-order valence-corrected chi connectivity index (χ2v) is 18.7. The van der Waals surface area contributed by atoms with Crippen molar-refractivity contribution in [3.63, 3.8) is 0 Å². The minimum Gasteiger partial charge on any atom is -0.497 e. The van der Waals surface area contributed by atoms with Crippen LogP contribution in [0.1, 0.15) is 50.0 Å². The van der Waals surface area contributed by atoms with Crippen molar-refractivity contribution in [3.8, 4) is 69.0 Å². The number of rotatable bonds is 13. The number of halogens is 1. The SMILES string of the molecule is COc1cc([C@@H]2c3cc4c(cc3C(=O)[C@H]3COC(=O)[C@H]23)OCO4)cc(OC)c1OC.COc1ccc(N2C[C@@H]3C(=N2)c2cc4c(cc2[C@@H](c2cc(OC)c(OC)c(OC)c2)[C@H]3C(=O)O)OCO4)cc1.COc1ccc(NN)cc1.Cl. The van der Waals surface area contributed by atoms with Crippen molar-refractivity contribution in [2.24, 2.45) is 34.6 Å². The van der Waals surface area contributed by atoms with E-state index in [9.17, 15) is 19.5 Å². The van der Waals surface area contributed by atoms with Crippen molar-refractivity contribution in [1.82, 2.24) is 0 Å². The molecule has 12 rings (SSSR count). The van der Waals surface area contributed by atoms with Gasteiger partial charge in [0, 0.05) is 34.6 Å². The average Bonchev–Trinajstić information content (AvgIpc) is 4.48. The van der Waals surface area contributed by atoms with E-state index in [2.05, 4.69) is 5.43 Å². The number of nitrogens with two attached hydrogens (primary N) is 1. The molecular formula is C58H59ClN4O17. The topological polar surface area (TPSA) is 245 Å². The van der Waals surface area contributed by atoms with Crippen LogP contribution in [0, 0.1) is 23.7 Å². The number of hydrogen-bond donors (Lipinski definition) is 3. The van der Waals surface area contributed by atoms with E-state index in [1.165, 1.54) is 42.7 Å². The highest BCUT2D eigenvalue weighted by atomic mass is 35.5. The van der Waals surface area contributed by atoms with Crippen LogP contribution in [-0.4, -0.2) is 112 Å². The van der Waals surface area contributed by atoms with Gasteiger partial charge in [-0.15, -0.1) is 12.4 Å². The lowest BCUT2D eigenvalue weighted by Crippen LogP contribution is -2.41. The molecule has 80 heavy (non-hydrogen) atoms. The Morgan fingerprint density at radius 1 is 0.588 bits per heavy atom. The third-order valence-corrected chi connectivity index (χ3v) is 14.9. The van der Waals surface area contributed by atoms with Crippen LogP contribution in [0.25, 0.3) is 0 Å². The molecule has 420 valence electrons. The third-order valence-electron chi connectivity index (χ3n) is 14.9. The summed E-state index contributed by atoms with van der Waals surface area (Å²) in [7, 11) is 12.4. The van der Waals surface area contributed by atoms with Crippen LogP contribution >= 0.6 is 12.4 Å². The molecule has 2 aliphatic carbocycles. The summed E-state index contributed by atoms with van der Waals surface area (Å²) in [6.45, 7) is 0.657. The number of nitrogens with one attached hydrogen (secondary N) is 1. The summed E-state index contributed by atoms with van der Waals surface area (Å²) in [5, 5.41) is 17.5. The predicted octanol–water partition coefficient (Wildman–Crippen LogP) is 8.10. The smallest absolute Gasteiger partial charge is 0.310 e. The first-order valence-corrected chi connectivity index (χ1v) is 24.9. The van der Waals surface area contributed by atoms with Crippen LogP contribution < -0.4 is 73.1 Å². The van der Waals surface area contributed by atoms with Gasteiger partial charge in [-0.3, -0.25) is 25.2 Å². The van der Waals surface area contributed by atoms with Crippen molar-refractivity contribution < 1.29 is 81.1 Å². The summed E-state index contributed by atoms with van der Waals surface area (Å²) in [5.41, 5.74) is 9.24. The zero-order valence-corrected chi connectivity index (χ0v) is 45.7. The summed E-state index contributed by atoms with van der Waals surface area (Å²) in [6.07, 6.45) is 0. The molecule has 6 aromatic carbocycles. The van der Waals surface area contributed by atoms with E-state index in [0.29, 0.717) is 80.9 Å². The highest BCUT2D eigenvalue weighted by Crippen LogP contribution is 2.55. The third kappa shape index (κ3) is 10.1. The minimum absolute atomic E-state index is 0. The number of ketones is 1. The molecule has 0 spiro atoms. The molecule has 4 heterocycles. The monoisotopic (exact) mass is 1120 g/mol. The van der Waals surface area contributed by atoms with Crippen LogP contribution in [0.2, 0.25) is 0 Å². The molecular weight excluding hydrogens is 1060 g/mol. The average molecular weight is 1120 g/mol. The number of aliphatic carboxylic acids is 1. The van der Waals surface area contributed by atoms with Crippen LogP contribution in [-0.2, 0) is 14.3 Å². The number of nitrogens with zero attached hydrogens (tertiary/aromatic N) is 2. The van der Waals surface area contributed by atoms with E-state index in [-0.39, 0.29) is 38.4 Å². The number of ether oxygens (including phenoxy) is 13. The molecule has 0 unspecified atom stereocenters. The van der Waals surface area contributed by atoms with Crippen LogP contribution in [0.4, 0.5) is 11.4 Å². The number of fused-ring (bicyclic) bond motifs is 7. The number of hydrogen-bond acceptors (Lipinski definition) is 20. The van der Waals surface area contributed by atoms with Crippen molar-refractivity contribution in [2.45, 2.75) is 11.8 Å². The standard InChI is InChI=1S/C29H28N2O8.C22H20O8.C7H10N2O.ClH/c1-34-17-7-5-16(6-8-17)31-13-20-26(29(32)33)25(15-9-23(35-2)28(37-4)24(10-15)36-3)18-11-21-22(39-14-38-21)12-19(18)27(20)30-31;1-25-16-4-10(5-17(26-2)21(16)27-3)18-11-6-14-15(30-9-29-14)7-12(11)20(23)13-8-28-22(24)19(13)18;1-10-7-4-2-6(9-8)3-5-7;/h5-12,20,25-26H,13-14H2,1-4H3,(H,32,33);4-7,13,18-19H,8-9H2,1-3H3;2-5,9H,8H2,1H3;1H/t20-,25+,26-;13-,18+,19-;;/m00../s1. The molecule has 4 N–H and O–H groups in total. The summed E-state index contributed by atoms with van der Waals surface area (Å²) < 4.78 is 71.1. The maximum atomic E-state index is 13.2. The molecule has 0 saturated carbocycles. The Morgan fingerprint density at radius 2 is 1.05 bits per heavy atom. The number of nitrogen functional groups attached to an aromatic ring is 1. The number of hydrazone groups is 1. The number of hydrazine groups is 1. The molecule has 0 bridgehead atoms. The van der Waals surface area contributed by atoms with E-state index in [0.717, 1.165) is 45.1 Å². The Hall–Kier alpha value is -8.95. The van der Waals surface area contributed by atoms with Crippen molar-refractivity contribution in [3.05, 3.63) is 130 Å². The summed E-state index contributed by atoms with van der Waals surface area (Å²) in [5.74, 6) is 6.80. The van der Waals surface area contributed by atoms with Gasteiger partial charge in [0.1, 0.15) is 18.1 Å². The lowest BCUT2D eigenvalue weighted by molar-refractivity contribution is -0.143. The van der Waals surface area contributed by atoms with Gasteiger partial charge in [-0.1, -0.05) is 0 Å². The van der Waals surface area contributed by atoms with Gasteiger partial charge in [-0.05, 0) is 119 Å². The number of carbonyl (C=O) groups is 3. The van der Waals surface area contributed by atoms with E-state index in [4.69, 9.17) is 72.5 Å². The highest BCUT2D eigenvalue weighted by molar-refractivity contribution is 6.10. The fourth-order valence-electron chi connectivity index (χ4n) is 11.1. The molecule has 6 atom stereocenters. The van der Waals surface area contributed by atoms with Crippen LogP contribution in [0.3, 0.4) is 0 Å². The maximum Gasteiger partial charge on any atom is 0.310 e. The molecule has 0 radical (unpaired) electrons. The lowest BCUT2D eigenvalue weighted by atomic mass is 9.65. The van der Waals surface area contributed by atoms with Gasteiger partial charge in [0.05, 0.1) is 92.6 Å². The second kappa shape index (κ2) is 23.6. The Bertz CT molecular complexity index is 3270. The molecule has 1 fully saturated rings. The first kappa shape index (κ1) is 55.8. The van der Waals surface area contributed by atoms with Crippen LogP contribution in [0.15, 0.2) is 102 Å². The van der Waals surface area contributed by atoms with E-state index in [1.807, 2.05) is 77.8 Å². The molecule has 0 aromatic heterocycles. The maximum absolute atomic E-state index is 13.2. The van der Waals surface area contributed by atoms with Gasteiger partial charge in [-0.2, -0.15) is 5.10 Å². The number of benzene rings is 6. The van der Waals surface area contributed by atoms with Gasteiger partial charge in [0.2, 0.25) is 25.1 Å². The number of carboxylic acids is 1. The highest BCUT2D eigenvalue weighted by Gasteiger charge is 2.53. The first-order valence-electron chi connectivity index (χ1n) is 24.9. The minimum atomic E-state index is -0.925. The fourth-order valence-corrected chi connectivity index (χ4v) is 11.1. The second-order valence-electron chi connectivity index (χ2n) is 18.7. The molecule has 0 amide bonds. The van der Waals surface area contributed by atoms with Crippen molar-refractivity contribution in [1.29, 1.82) is 0 Å². The van der Waals surface area contributed by atoms with Gasteiger partial charge in [0.25, 0.3) is 0 Å². The quantitative estimate of drug-likeness (QED) is 0.0562. The Labute approximate surface area is 466 Å². The van der Waals surface area contributed by atoms with E-state index < -0.39 is 47.4 Å². The first-order chi connectivity index (χ1) is 38.4. The predicted molar refractivity (Wildman–Crippen MR) is 293 cm³/mol. The summed E-state index contributed by atoms with van der Waals surface area (Å²) in [6, 6.07) is 29.4. The fraction of sp³-hybridized carbons (Fsp3) is 0.310. The Morgan fingerprint density at radius 3 is 1.51 bits per heavy atom. The zero-order valence-electron chi connectivity index (χ0n) is 44.9. The molecule has 21 nitrogen and oxygen atoms in total. The number of anilines is 2. The van der Waals surface area contributed by atoms with Gasteiger partial charge in [-0.25, -0.2) is 0 Å². The molecule has 6 aliphatic rings. The van der Waals surface area contributed by atoms with Gasteiger partial charge < -0.3 is 72.1 Å². The van der Waals surface area contributed by atoms with Crippen molar-refractivity contribution in [2.75, 3.05) is 94.1 Å². The Balaban J connectivity index is 0.000000167. The van der Waals surface area contributed by atoms with Gasteiger partial charge >= 0.3 is 11.9 Å². The van der Waals surface area contributed by atoms with E-state index in [1.54, 1.807) is 38.5 Å². The Kier molecular flexibility index (Phi) is 16.4. The number of carbonyl (C=O) groups excluding carboxylic acids is 2. The number of cyclic esters (lactones) is 1. The number of esters is 1. The largest absolute Gasteiger partial charge is 0.497 e. The molecule has 4 aliphatic heterocycles. The van der Waals surface area contributed by atoms with E-state index >= 15 is 0 Å². The van der Waals surface area contributed by atoms with Crippen molar-refractivity contribution >= 4 is 47.2 Å². The molecule has 22 heteroatoms. The summed E-state index contributed by atoms with van der Waals surface area (Å²) >= 11 is 0. The summed E-state index contributed by atoms with van der Waals surface area (Å²) in [4.78, 5) is 38.9. The number of carboxylic acid groups (broad SMARTS) is 1. The zero-order chi connectivity index (χ0) is 55.6. The van der Waals surface area contributed by atoms with Crippen LogP contribution in [0.5, 0.6) is 69.0 Å². The molecule has 6 aromatic rings. The number of methoxy groups -OCH3 is 8. The number of Topliss-reactive ketones (excluding diaryl/α,β-unsaturated/α-hetero) is 1. The molecule has 1 saturated heterocycles. The lowest BCUT2D eigenvalue weighted by Gasteiger charge is -2.36. The van der Waals surface area contributed by atoms with Gasteiger partial charge in [0.15, 0.2) is 51.8 Å².